The van der Waals surface area contributed by atoms with Gasteiger partial charge >= 0.3 is 17.9 Å². The van der Waals surface area contributed by atoms with Crippen molar-refractivity contribution in [2.75, 3.05) is 21.3 Å². The maximum atomic E-state index is 13.6. The minimum absolute atomic E-state index is 0.0287. The first-order valence-corrected chi connectivity index (χ1v) is 25.9. The fourth-order valence-corrected chi connectivity index (χ4v) is 10.2. The molecule has 81 heavy (non-hydrogen) atoms. The summed E-state index contributed by atoms with van der Waals surface area (Å²) >= 11 is 2.01. The second kappa shape index (κ2) is 23.7. The molecule has 10 rings (SSSR count). The number of halogens is 5. The van der Waals surface area contributed by atoms with Crippen LogP contribution in [0.1, 0.15) is 142 Å². The first-order chi connectivity index (χ1) is 38.8. The Hall–Kier alpha value is -9.14. The third-order valence-electron chi connectivity index (χ3n) is 13.9. The highest BCUT2D eigenvalue weighted by molar-refractivity contribution is 14.1. The van der Waals surface area contributed by atoms with E-state index in [1.54, 1.807) is 18.2 Å². The minimum atomic E-state index is -1.06. The lowest BCUT2D eigenvalue weighted by Gasteiger charge is -2.16. The molecule has 4 N–H and O–H groups in total. The molecule has 0 radical (unpaired) electrons. The molecule has 4 heterocycles. The van der Waals surface area contributed by atoms with Crippen molar-refractivity contribution in [3.05, 3.63) is 196 Å². The molecule has 416 valence electrons. The highest BCUT2D eigenvalue weighted by Crippen LogP contribution is 2.37. The standard InChI is InChI=1S/C29H25F2N5O6.C27H22F2IN5O4/c1-14-16-7-9-22(18(16)6-5-17(14)28(39)41-2)35-27(38)24-11-23(34-25-19(29(40)42-3)13-33-36(24)25)26(37)32-12-15-4-8-20(30)21(31)10-15;1-13-15-6-8-21(17(15)5-4-16(13)27(38)39-2)34-26(37)23-10-22(33-24-20(30)12-32-35(23)24)25(36)31-11-14-3-7-18(28)19(29)9-14/h4-6,8,10-11,13,22H,7,9,12H2,1-3H3,(H,32,37)(H,35,38);3-5,7,9-10,12,21H,6,8,11H2,1-2H3,(H,31,36)(H,34,37)/t22-;21-/m00/s1. The van der Waals surface area contributed by atoms with Crippen LogP contribution in [0.15, 0.2) is 85.2 Å². The number of hydrogen-bond donors (Lipinski definition) is 4. The number of rotatable bonds is 13. The maximum absolute atomic E-state index is 13.6. The Balaban J connectivity index is 0.000000196. The van der Waals surface area contributed by atoms with Crippen molar-refractivity contribution in [3.63, 3.8) is 0 Å². The number of nitrogens with one attached hydrogen (secondary N) is 4. The van der Waals surface area contributed by atoms with Gasteiger partial charge in [0.05, 0.1) is 60.5 Å². The monoisotopic (exact) mass is 1220 g/mol. The van der Waals surface area contributed by atoms with E-state index in [9.17, 15) is 51.1 Å². The second-order valence-corrected chi connectivity index (χ2v) is 19.8. The summed E-state index contributed by atoms with van der Waals surface area (Å²) < 4.78 is 71.2. The number of nitrogens with zero attached hydrogens (tertiary/aromatic N) is 6. The van der Waals surface area contributed by atoms with Gasteiger partial charge in [0.15, 0.2) is 34.6 Å². The summed E-state index contributed by atoms with van der Waals surface area (Å²) in [5.41, 5.74) is 6.85. The van der Waals surface area contributed by atoms with Crippen molar-refractivity contribution < 1.29 is 65.3 Å². The lowest BCUT2D eigenvalue weighted by atomic mass is 9.98. The largest absolute Gasteiger partial charge is 0.465 e. The molecule has 0 spiro atoms. The van der Waals surface area contributed by atoms with Gasteiger partial charge in [-0.2, -0.15) is 10.2 Å². The van der Waals surface area contributed by atoms with Crippen LogP contribution in [0.5, 0.6) is 0 Å². The van der Waals surface area contributed by atoms with E-state index in [2.05, 4.69) is 41.4 Å². The average Bonchev–Trinajstić information content (AvgIpc) is 4.45. The Morgan fingerprint density at radius 2 is 0.963 bits per heavy atom. The van der Waals surface area contributed by atoms with Crippen LogP contribution < -0.4 is 21.3 Å². The summed E-state index contributed by atoms with van der Waals surface area (Å²) in [4.78, 5) is 98.2. The summed E-state index contributed by atoms with van der Waals surface area (Å²) in [6.07, 6.45) is 5.21. The average molecular weight is 1220 g/mol. The minimum Gasteiger partial charge on any atom is -0.465 e. The van der Waals surface area contributed by atoms with Gasteiger partial charge in [-0.05, 0) is 143 Å². The van der Waals surface area contributed by atoms with E-state index in [1.165, 1.54) is 62.5 Å². The summed E-state index contributed by atoms with van der Waals surface area (Å²) in [5.74, 6) is -8.08. The molecule has 0 saturated heterocycles. The van der Waals surface area contributed by atoms with Gasteiger partial charge in [0.2, 0.25) is 0 Å². The van der Waals surface area contributed by atoms with Gasteiger partial charge in [0, 0.05) is 25.2 Å². The zero-order valence-corrected chi connectivity index (χ0v) is 45.8. The molecule has 0 bridgehead atoms. The number of carbonyl (C=O) groups is 7. The topological polar surface area (TPSA) is 256 Å². The smallest absolute Gasteiger partial charge is 0.343 e. The molecular formula is C56H47F4IN10O10. The number of hydrogen-bond acceptors (Lipinski definition) is 14. The Kier molecular flexibility index (Phi) is 16.5. The van der Waals surface area contributed by atoms with Gasteiger partial charge in [-0.15, -0.1) is 0 Å². The molecule has 2 aliphatic carbocycles. The van der Waals surface area contributed by atoms with Crippen molar-refractivity contribution in [1.82, 2.24) is 50.5 Å². The Bertz CT molecular complexity index is 3930. The maximum Gasteiger partial charge on any atom is 0.343 e. The quantitative estimate of drug-likeness (QED) is 0.0383. The molecule has 0 unspecified atom stereocenters. The highest BCUT2D eigenvalue weighted by atomic mass is 127. The summed E-state index contributed by atoms with van der Waals surface area (Å²) in [6.45, 7) is 3.47. The predicted molar refractivity (Wildman–Crippen MR) is 287 cm³/mol. The van der Waals surface area contributed by atoms with E-state index in [0.717, 1.165) is 62.2 Å². The number of esters is 3. The molecule has 4 aromatic heterocycles. The van der Waals surface area contributed by atoms with Gasteiger partial charge in [-0.25, -0.2) is 50.9 Å². The molecular weight excluding hydrogens is 1180 g/mol. The Morgan fingerprint density at radius 1 is 0.543 bits per heavy atom. The first-order valence-electron chi connectivity index (χ1n) is 24.8. The molecule has 0 fully saturated rings. The molecule has 0 saturated carbocycles. The van der Waals surface area contributed by atoms with Gasteiger partial charge in [-0.1, -0.05) is 24.3 Å². The van der Waals surface area contributed by atoms with Crippen molar-refractivity contribution in [2.45, 2.75) is 64.7 Å². The molecule has 8 aromatic rings. The molecule has 25 heteroatoms. The van der Waals surface area contributed by atoms with Crippen LogP contribution >= 0.6 is 22.6 Å². The Morgan fingerprint density at radius 3 is 1.41 bits per heavy atom. The second-order valence-electron chi connectivity index (χ2n) is 18.7. The van der Waals surface area contributed by atoms with E-state index in [-0.39, 0.29) is 53.1 Å². The van der Waals surface area contributed by atoms with Crippen molar-refractivity contribution >= 4 is 75.4 Å². The van der Waals surface area contributed by atoms with E-state index < -0.39 is 70.8 Å². The van der Waals surface area contributed by atoms with Gasteiger partial charge in [0.25, 0.3) is 23.6 Å². The number of amides is 4. The van der Waals surface area contributed by atoms with Crippen LogP contribution in [0.2, 0.25) is 0 Å². The summed E-state index contributed by atoms with van der Waals surface area (Å²) in [5, 5.41) is 19.5. The number of ether oxygens (including phenoxy) is 3. The zero-order valence-electron chi connectivity index (χ0n) is 43.6. The lowest BCUT2D eigenvalue weighted by Crippen LogP contribution is -2.31. The predicted octanol–water partition coefficient (Wildman–Crippen LogP) is 7.29. The zero-order chi connectivity index (χ0) is 58.0. The number of fused-ring (bicyclic) bond motifs is 4. The number of carbonyl (C=O) groups excluding carboxylic acids is 7. The Labute approximate surface area is 471 Å². The summed E-state index contributed by atoms with van der Waals surface area (Å²) in [7, 11) is 3.82. The third-order valence-corrected chi connectivity index (χ3v) is 14.7. The van der Waals surface area contributed by atoms with Crippen LogP contribution in [0.3, 0.4) is 0 Å². The van der Waals surface area contributed by atoms with Crippen LogP contribution in [-0.2, 0) is 40.1 Å². The van der Waals surface area contributed by atoms with Gasteiger partial charge < -0.3 is 35.5 Å². The molecule has 2 aliphatic rings. The highest BCUT2D eigenvalue weighted by Gasteiger charge is 2.32. The van der Waals surface area contributed by atoms with E-state index in [4.69, 9.17) is 14.2 Å². The van der Waals surface area contributed by atoms with Gasteiger partial charge in [-0.3, -0.25) is 19.2 Å². The fraction of sp³-hybridized carbons (Fsp3) is 0.232. The third kappa shape index (κ3) is 11.5. The van der Waals surface area contributed by atoms with Crippen LogP contribution in [0.4, 0.5) is 17.6 Å². The normalized spacial score (nSPS) is 14.0. The van der Waals surface area contributed by atoms with Crippen molar-refractivity contribution in [3.8, 4) is 0 Å². The molecule has 4 aromatic carbocycles. The van der Waals surface area contributed by atoms with E-state index >= 15 is 0 Å². The SMILES string of the molecule is COC(=O)c1ccc2c(c1C)CC[C@@H]2NC(=O)c1cc(C(=O)NCc2ccc(F)c(F)c2)nc2c(C(=O)OC)cnn12.COC(=O)c1ccc2c(c1C)CC[C@@H]2NC(=O)c1cc(C(=O)NCc2ccc(F)c(F)c2)nc2c(I)cnn12. The molecule has 0 aliphatic heterocycles. The molecule has 4 amide bonds. The van der Waals surface area contributed by atoms with Crippen LogP contribution in [-0.4, -0.2) is 92.1 Å². The summed E-state index contributed by atoms with van der Waals surface area (Å²) in [6, 6.07) is 15.4. The van der Waals surface area contributed by atoms with E-state index in [1.807, 2.05) is 42.5 Å². The lowest BCUT2D eigenvalue weighted by molar-refractivity contribution is 0.0591. The van der Waals surface area contributed by atoms with Crippen molar-refractivity contribution in [1.29, 1.82) is 0 Å². The van der Waals surface area contributed by atoms with Crippen molar-refractivity contribution in [2.24, 2.45) is 0 Å². The molecule has 2 atom stereocenters. The number of methoxy groups -OCH3 is 3. The van der Waals surface area contributed by atoms with Gasteiger partial charge in [0.1, 0.15) is 28.3 Å². The van der Waals surface area contributed by atoms with Crippen LogP contribution in [0.25, 0.3) is 11.3 Å². The fourth-order valence-electron chi connectivity index (χ4n) is 9.74. The van der Waals surface area contributed by atoms with Crippen LogP contribution in [0, 0.1) is 40.7 Å². The molecule has 20 nitrogen and oxygen atoms in total. The number of aromatic nitrogens is 6. The van der Waals surface area contributed by atoms with E-state index in [0.29, 0.717) is 57.2 Å². The first kappa shape index (κ1) is 56.6. The number of benzene rings is 4.